The lowest BCUT2D eigenvalue weighted by molar-refractivity contribution is 0.271. The van der Waals surface area contributed by atoms with Gasteiger partial charge in [0.05, 0.1) is 29.3 Å². The Morgan fingerprint density at radius 3 is 2.76 bits per heavy atom. The number of nitrogens with one attached hydrogen (secondary N) is 2. The Bertz CT molecular complexity index is 1570. The van der Waals surface area contributed by atoms with Crippen molar-refractivity contribution in [2.75, 3.05) is 50.7 Å². The van der Waals surface area contributed by atoms with E-state index in [0.29, 0.717) is 6.04 Å². The zero-order chi connectivity index (χ0) is 25.5. The van der Waals surface area contributed by atoms with Crippen LogP contribution in [0.25, 0.3) is 44.6 Å². The molecular weight excluding hydrogens is 472 g/mol. The van der Waals surface area contributed by atoms with Crippen LogP contribution in [0.1, 0.15) is 25.8 Å². The second-order valence-corrected chi connectivity index (χ2v) is 10.5. The van der Waals surface area contributed by atoms with E-state index in [4.69, 9.17) is 9.97 Å². The minimum atomic E-state index is 0.440. The van der Waals surface area contributed by atoms with Crippen LogP contribution in [0.5, 0.6) is 0 Å². The van der Waals surface area contributed by atoms with Gasteiger partial charge in [-0.1, -0.05) is 25.1 Å². The fourth-order valence-corrected chi connectivity index (χ4v) is 5.99. The van der Waals surface area contributed by atoms with Crippen LogP contribution in [0.2, 0.25) is 0 Å². The topological polar surface area (TPSA) is 77.9 Å². The number of likely N-dealkylation sites (N-methyl/N-ethyl adjacent to an activating group) is 1. The molecule has 38 heavy (non-hydrogen) atoms. The van der Waals surface area contributed by atoms with E-state index in [2.05, 4.69) is 79.0 Å². The van der Waals surface area contributed by atoms with Crippen molar-refractivity contribution < 1.29 is 0 Å². The summed E-state index contributed by atoms with van der Waals surface area (Å²) in [6.45, 7) is 9.78. The average molecular weight is 507 g/mol. The molecule has 0 bridgehead atoms. The van der Waals surface area contributed by atoms with E-state index < -0.39 is 0 Å². The summed E-state index contributed by atoms with van der Waals surface area (Å²) in [5, 5.41) is 3.53. The number of benzene rings is 2. The van der Waals surface area contributed by atoms with Gasteiger partial charge in [-0.25, -0.2) is 15.0 Å². The third kappa shape index (κ3) is 4.23. The van der Waals surface area contributed by atoms with Gasteiger partial charge in [0.1, 0.15) is 5.52 Å². The van der Waals surface area contributed by atoms with Gasteiger partial charge in [-0.15, -0.1) is 0 Å². The third-order valence-corrected chi connectivity index (χ3v) is 8.26. The van der Waals surface area contributed by atoms with Crippen molar-refractivity contribution in [2.24, 2.45) is 0 Å². The highest BCUT2D eigenvalue weighted by molar-refractivity contribution is 5.94. The zero-order valence-electron chi connectivity index (χ0n) is 21.9. The van der Waals surface area contributed by atoms with E-state index in [1.807, 2.05) is 18.7 Å². The molecule has 0 amide bonds. The predicted molar refractivity (Wildman–Crippen MR) is 154 cm³/mol. The number of piperidine rings is 1. The highest BCUT2D eigenvalue weighted by atomic mass is 15.3. The van der Waals surface area contributed by atoms with E-state index in [9.17, 15) is 0 Å². The van der Waals surface area contributed by atoms with Gasteiger partial charge in [-0.3, -0.25) is 0 Å². The second kappa shape index (κ2) is 9.85. The van der Waals surface area contributed by atoms with E-state index in [-0.39, 0.29) is 0 Å². The number of H-pyrrole nitrogens is 1. The van der Waals surface area contributed by atoms with Gasteiger partial charge in [0.2, 0.25) is 0 Å². The van der Waals surface area contributed by atoms with E-state index in [1.54, 1.807) is 0 Å². The van der Waals surface area contributed by atoms with Gasteiger partial charge in [0, 0.05) is 61.8 Å². The summed E-state index contributed by atoms with van der Waals surface area (Å²) in [5.41, 5.74) is 9.35. The largest absolute Gasteiger partial charge is 0.369 e. The molecule has 7 rings (SSSR count). The molecular formula is C30H34N8. The van der Waals surface area contributed by atoms with Crippen LogP contribution in [0.3, 0.4) is 0 Å². The maximum atomic E-state index is 5.12. The molecule has 1 atom stereocenters. The van der Waals surface area contributed by atoms with Gasteiger partial charge >= 0.3 is 0 Å². The van der Waals surface area contributed by atoms with Crippen molar-refractivity contribution >= 4 is 27.9 Å². The number of rotatable bonds is 5. The minimum Gasteiger partial charge on any atom is -0.369 e. The number of nitrogens with zero attached hydrogens (tertiary/aromatic N) is 6. The highest BCUT2D eigenvalue weighted by Gasteiger charge is 2.19. The van der Waals surface area contributed by atoms with Crippen LogP contribution in [-0.4, -0.2) is 75.2 Å². The first-order valence-corrected chi connectivity index (χ1v) is 13.9. The number of hydrogen-bond donors (Lipinski definition) is 2. The Labute approximate surface area is 222 Å². The molecule has 3 aromatic heterocycles. The molecule has 2 saturated heterocycles. The predicted octanol–water partition coefficient (Wildman–Crippen LogP) is 4.71. The standard InChI is InChI=1S/C30H34N8/c1-2-36-11-13-37(14-12-36)23-6-3-5-22(15-23)27-19-33-30-29(35-27)25(18-32-30)21-8-9-26-28(16-21)38(20-34-26)24-7-4-10-31-17-24/h3,5-6,8-9,15-16,18-20,24,31H,2,4,7,10-14,17H2,1H3,(H,32,33). The van der Waals surface area contributed by atoms with E-state index in [0.717, 1.165) is 84.9 Å². The van der Waals surface area contributed by atoms with Crippen molar-refractivity contribution in [2.45, 2.75) is 25.8 Å². The van der Waals surface area contributed by atoms with Crippen molar-refractivity contribution in [1.82, 2.24) is 34.7 Å². The lowest BCUT2D eigenvalue weighted by Crippen LogP contribution is -2.46. The minimum absolute atomic E-state index is 0.440. The second-order valence-electron chi connectivity index (χ2n) is 10.5. The molecule has 2 aliphatic rings. The molecule has 5 aromatic rings. The number of piperazine rings is 1. The molecule has 2 fully saturated rings. The molecule has 0 spiro atoms. The fourth-order valence-electron chi connectivity index (χ4n) is 5.99. The molecule has 1 unspecified atom stereocenters. The van der Waals surface area contributed by atoms with Crippen LogP contribution in [0, 0.1) is 0 Å². The highest BCUT2D eigenvalue weighted by Crippen LogP contribution is 2.32. The SMILES string of the molecule is CCN1CCN(c2cccc(-c3cnc4[nH]cc(-c5ccc6ncn(C7CCCNC7)c6c5)c4n3)c2)CC1. The molecule has 194 valence electrons. The van der Waals surface area contributed by atoms with Crippen molar-refractivity contribution in [3.8, 4) is 22.4 Å². The molecule has 0 aliphatic carbocycles. The van der Waals surface area contributed by atoms with Crippen LogP contribution in [0.4, 0.5) is 5.69 Å². The van der Waals surface area contributed by atoms with Gasteiger partial charge in [0.15, 0.2) is 5.65 Å². The molecule has 8 nitrogen and oxygen atoms in total. The summed E-state index contributed by atoms with van der Waals surface area (Å²) in [4.78, 5) is 22.9. The zero-order valence-corrected chi connectivity index (χ0v) is 21.9. The average Bonchev–Trinajstić information content (AvgIpc) is 3.61. The molecule has 0 saturated carbocycles. The first kappa shape index (κ1) is 23.4. The lowest BCUT2D eigenvalue weighted by atomic mass is 10.1. The van der Waals surface area contributed by atoms with Crippen molar-refractivity contribution in [3.05, 3.63) is 61.2 Å². The molecule has 2 aromatic carbocycles. The smallest absolute Gasteiger partial charge is 0.156 e. The van der Waals surface area contributed by atoms with E-state index >= 15 is 0 Å². The van der Waals surface area contributed by atoms with Crippen LogP contribution in [-0.2, 0) is 0 Å². The number of fused-ring (bicyclic) bond motifs is 2. The number of hydrogen-bond acceptors (Lipinski definition) is 6. The molecule has 5 heterocycles. The summed E-state index contributed by atoms with van der Waals surface area (Å²) in [5.74, 6) is 0. The van der Waals surface area contributed by atoms with Gasteiger partial charge in [0.25, 0.3) is 0 Å². The summed E-state index contributed by atoms with van der Waals surface area (Å²) in [7, 11) is 0. The van der Waals surface area contributed by atoms with Gasteiger partial charge in [-0.05, 0) is 55.8 Å². The maximum absolute atomic E-state index is 5.12. The Morgan fingerprint density at radius 1 is 1.00 bits per heavy atom. The molecule has 0 radical (unpaired) electrons. The first-order valence-electron chi connectivity index (χ1n) is 13.9. The monoisotopic (exact) mass is 506 g/mol. The van der Waals surface area contributed by atoms with Gasteiger partial charge in [-0.2, -0.15) is 0 Å². The number of imidazole rings is 1. The van der Waals surface area contributed by atoms with Crippen LogP contribution in [0.15, 0.2) is 61.2 Å². The molecule has 2 aliphatic heterocycles. The first-order chi connectivity index (χ1) is 18.8. The normalized spacial score (nSPS) is 19.0. The third-order valence-electron chi connectivity index (χ3n) is 8.26. The molecule has 8 heteroatoms. The number of aromatic nitrogens is 5. The Morgan fingerprint density at radius 2 is 1.92 bits per heavy atom. The Kier molecular flexibility index (Phi) is 6.06. The summed E-state index contributed by atoms with van der Waals surface area (Å²) in [6, 6.07) is 15.7. The summed E-state index contributed by atoms with van der Waals surface area (Å²) >= 11 is 0. The van der Waals surface area contributed by atoms with Crippen LogP contribution >= 0.6 is 0 Å². The van der Waals surface area contributed by atoms with E-state index in [1.165, 1.54) is 24.0 Å². The van der Waals surface area contributed by atoms with Gasteiger partial charge < -0.3 is 24.7 Å². The van der Waals surface area contributed by atoms with Crippen molar-refractivity contribution in [3.63, 3.8) is 0 Å². The lowest BCUT2D eigenvalue weighted by Gasteiger charge is -2.35. The number of aromatic amines is 1. The number of anilines is 1. The maximum Gasteiger partial charge on any atom is 0.156 e. The molecule has 2 N–H and O–H groups in total. The Hall–Kier alpha value is -3.75. The summed E-state index contributed by atoms with van der Waals surface area (Å²) < 4.78 is 2.34. The quantitative estimate of drug-likeness (QED) is 0.360. The van der Waals surface area contributed by atoms with Crippen molar-refractivity contribution in [1.29, 1.82) is 0 Å². The fraction of sp³-hybridized carbons (Fsp3) is 0.367. The van der Waals surface area contributed by atoms with Crippen LogP contribution < -0.4 is 10.2 Å². The Balaban J connectivity index is 1.22. The summed E-state index contributed by atoms with van der Waals surface area (Å²) in [6.07, 6.45) is 8.28.